The first-order chi connectivity index (χ1) is 17.9. The van der Waals surface area contributed by atoms with Gasteiger partial charge in [-0.2, -0.15) is 0 Å². The monoisotopic (exact) mass is 500 g/mol. The zero-order chi connectivity index (χ0) is 26.1. The van der Waals surface area contributed by atoms with Gasteiger partial charge in [0.1, 0.15) is 5.92 Å². The molecule has 0 saturated carbocycles. The highest BCUT2D eigenvalue weighted by Crippen LogP contribution is 2.49. The number of hydrogen-bond donors (Lipinski definition) is 0. The molecule has 3 atom stereocenters. The van der Waals surface area contributed by atoms with E-state index in [4.69, 9.17) is 14.3 Å². The van der Waals surface area contributed by atoms with E-state index in [1.807, 2.05) is 94.4 Å². The molecule has 37 heavy (non-hydrogen) atoms. The van der Waals surface area contributed by atoms with Crippen molar-refractivity contribution in [3.05, 3.63) is 83.4 Å². The van der Waals surface area contributed by atoms with E-state index in [0.29, 0.717) is 30.4 Å². The average molecular weight is 501 g/mol. The molecule has 7 nitrogen and oxygen atoms in total. The second kappa shape index (κ2) is 10.3. The predicted octanol–water partition coefficient (Wildman–Crippen LogP) is 5.54. The third-order valence-corrected chi connectivity index (χ3v) is 6.79. The van der Waals surface area contributed by atoms with Crippen LogP contribution in [0.1, 0.15) is 43.0 Å². The number of fused-ring (bicyclic) bond motifs is 1. The Balaban J connectivity index is 1.58. The number of benzene rings is 3. The lowest BCUT2D eigenvalue weighted by atomic mass is 9.90. The second-order valence-electron chi connectivity index (χ2n) is 9.45. The number of imide groups is 1. The summed E-state index contributed by atoms with van der Waals surface area (Å²) >= 11 is 0. The lowest BCUT2D eigenvalue weighted by Crippen LogP contribution is -2.37. The summed E-state index contributed by atoms with van der Waals surface area (Å²) in [6, 6.07) is 20.4. The summed E-state index contributed by atoms with van der Waals surface area (Å²) in [5.41, 5.74) is 4.12. The van der Waals surface area contributed by atoms with Crippen molar-refractivity contribution in [2.24, 2.45) is 5.92 Å². The van der Waals surface area contributed by atoms with Crippen LogP contribution in [0, 0.1) is 19.8 Å². The van der Waals surface area contributed by atoms with E-state index >= 15 is 0 Å². The van der Waals surface area contributed by atoms with Crippen LogP contribution in [-0.2, 0) is 14.4 Å². The Hall–Kier alpha value is -3.84. The fourth-order valence-corrected chi connectivity index (χ4v) is 5.15. The van der Waals surface area contributed by atoms with Crippen molar-refractivity contribution in [2.75, 3.05) is 23.2 Å². The third-order valence-electron chi connectivity index (χ3n) is 6.79. The van der Waals surface area contributed by atoms with E-state index in [2.05, 4.69) is 0 Å². The van der Waals surface area contributed by atoms with Crippen LogP contribution >= 0.6 is 0 Å². The fraction of sp³-hybridized carbons (Fsp3) is 0.333. The van der Waals surface area contributed by atoms with Crippen LogP contribution in [0.4, 0.5) is 11.4 Å². The summed E-state index contributed by atoms with van der Waals surface area (Å²) in [4.78, 5) is 35.2. The average Bonchev–Trinajstić information content (AvgIpc) is 3.40. The minimum Gasteiger partial charge on any atom is -0.490 e. The Morgan fingerprint density at radius 1 is 0.865 bits per heavy atom. The quantitative estimate of drug-likeness (QED) is 0.378. The van der Waals surface area contributed by atoms with Crippen molar-refractivity contribution in [1.82, 2.24) is 0 Å². The van der Waals surface area contributed by atoms with Crippen LogP contribution in [0.5, 0.6) is 11.5 Å². The van der Waals surface area contributed by atoms with Crippen molar-refractivity contribution >= 4 is 23.2 Å². The van der Waals surface area contributed by atoms with Gasteiger partial charge in [0.25, 0.3) is 5.91 Å². The molecule has 2 aliphatic rings. The predicted molar refractivity (Wildman–Crippen MR) is 142 cm³/mol. The molecule has 192 valence electrons. The van der Waals surface area contributed by atoms with Gasteiger partial charge in [-0.3, -0.25) is 14.4 Å². The Kier molecular flexibility index (Phi) is 6.89. The molecule has 0 bridgehead atoms. The standard InChI is InChI=1S/C30H32N2O5/c1-5-16-36-24-15-13-21(18-25(24)35-6-2)27-26-28(37-32(27)22-10-8-7-9-11-22)30(34)31(29(26)33)23-14-12-19(3)17-20(23)4/h7-15,17-18,26-28H,5-6,16H2,1-4H3/t26-,27+,28-/m0/s1. The second-order valence-corrected chi connectivity index (χ2v) is 9.45. The van der Waals surface area contributed by atoms with E-state index in [9.17, 15) is 9.59 Å². The van der Waals surface area contributed by atoms with Gasteiger partial charge in [0, 0.05) is 0 Å². The van der Waals surface area contributed by atoms with Gasteiger partial charge in [0.2, 0.25) is 5.91 Å². The maximum atomic E-state index is 14.0. The van der Waals surface area contributed by atoms with Crippen molar-refractivity contribution in [3.63, 3.8) is 0 Å². The van der Waals surface area contributed by atoms with Crippen LogP contribution in [-0.4, -0.2) is 31.1 Å². The van der Waals surface area contributed by atoms with Gasteiger partial charge in [-0.25, -0.2) is 9.96 Å². The number of amides is 2. The van der Waals surface area contributed by atoms with Crippen molar-refractivity contribution in [2.45, 2.75) is 46.3 Å². The summed E-state index contributed by atoms with van der Waals surface area (Å²) < 4.78 is 11.8. The van der Waals surface area contributed by atoms with E-state index in [1.54, 1.807) is 5.06 Å². The van der Waals surface area contributed by atoms with Crippen molar-refractivity contribution in [1.29, 1.82) is 0 Å². The topological polar surface area (TPSA) is 68.3 Å². The lowest BCUT2D eigenvalue weighted by molar-refractivity contribution is -0.126. The Labute approximate surface area is 217 Å². The first-order valence-electron chi connectivity index (χ1n) is 12.8. The first-order valence-corrected chi connectivity index (χ1v) is 12.8. The van der Waals surface area contributed by atoms with Crippen molar-refractivity contribution < 1.29 is 23.9 Å². The maximum absolute atomic E-state index is 14.0. The first kappa shape index (κ1) is 24.8. The molecular formula is C30H32N2O5. The van der Waals surface area contributed by atoms with Crippen LogP contribution in [0.15, 0.2) is 66.7 Å². The molecule has 2 fully saturated rings. The molecule has 3 aromatic rings. The number of hydroxylamine groups is 1. The summed E-state index contributed by atoms with van der Waals surface area (Å²) in [6.45, 7) is 8.91. The smallest absolute Gasteiger partial charge is 0.266 e. The summed E-state index contributed by atoms with van der Waals surface area (Å²) in [5.74, 6) is -0.0777. The van der Waals surface area contributed by atoms with Gasteiger partial charge in [-0.05, 0) is 68.7 Å². The summed E-state index contributed by atoms with van der Waals surface area (Å²) in [5, 5.41) is 1.70. The van der Waals surface area contributed by atoms with Gasteiger partial charge in [0.15, 0.2) is 17.6 Å². The van der Waals surface area contributed by atoms with Crippen LogP contribution in [0.3, 0.4) is 0 Å². The highest BCUT2D eigenvalue weighted by Gasteiger charge is 2.60. The molecule has 2 saturated heterocycles. The van der Waals surface area contributed by atoms with E-state index in [1.165, 1.54) is 4.90 Å². The number of carbonyl (C=O) groups is 2. The van der Waals surface area contributed by atoms with Crippen molar-refractivity contribution in [3.8, 4) is 11.5 Å². The summed E-state index contributed by atoms with van der Waals surface area (Å²) in [6.07, 6.45) is -0.0508. The normalized spacial score (nSPS) is 20.9. The molecule has 5 rings (SSSR count). The molecule has 0 aromatic heterocycles. The van der Waals surface area contributed by atoms with Gasteiger partial charge < -0.3 is 9.47 Å². The minimum absolute atomic E-state index is 0.269. The fourth-order valence-electron chi connectivity index (χ4n) is 5.15. The Bertz CT molecular complexity index is 1310. The molecule has 7 heteroatoms. The van der Waals surface area contributed by atoms with Crippen LogP contribution in [0.2, 0.25) is 0 Å². The number of rotatable bonds is 8. The minimum atomic E-state index is -0.926. The molecule has 0 N–H and O–H groups in total. The maximum Gasteiger partial charge on any atom is 0.266 e. The van der Waals surface area contributed by atoms with Gasteiger partial charge in [0.05, 0.1) is 30.6 Å². The summed E-state index contributed by atoms with van der Waals surface area (Å²) in [7, 11) is 0. The number of anilines is 2. The number of hydrogen-bond acceptors (Lipinski definition) is 6. The van der Waals surface area contributed by atoms with Gasteiger partial charge in [-0.1, -0.05) is 48.9 Å². The number of ether oxygens (including phenoxy) is 2. The zero-order valence-electron chi connectivity index (χ0n) is 21.6. The number of carbonyl (C=O) groups excluding carboxylic acids is 2. The van der Waals surface area contributed by atoms with Crippen LogP contribution < -0.4 is 19.4 Å². The molecule has 0 unspecified atom stereocenters. The largest absolute Gasteiger partial charge is 0.490 e. The molecule has 2 heterocycles. The molecule has 0 radical (unpaired) electrons. The van der Waals surface area contributed by atoms with Gasteiger partial charge in [-0.15, -0.1) is 0 Å². The highest BCUT2D eigenvalue weighted by molar-refractivity contribution is 6.24. The van der Waals surface area contributed by atoms with E-state index in [-0.39, 0.29) is 11.8 Å². The molecule has 2 aliphatic heterocycles. The highest BCUT2D eigenvalue weighted by atomic mass is 16.7. The molecule has 3 aromatic carbocycles. The molecule has 0 aliphatic carbocycles. The third kappa shape index (κ3) is 4.44. The Morgan fingerprint density at radius 2 is 1.65 bits per heavy atom. The zero-order valence-corrected chi connectivity index (χ0v) is 21.6. The van der Waals surface area contributed by atoms with E-state index < -0.39 is 18.1 Å². The van der Waals surface area contributed by atoms with E-state index in [0.717, 1.165) is 28.8 Å². The number of nitrogens with zero attached hydrogens (tertiary/aromatic N) is 2. The SMILES string of the molecule is CCCOc1ccc([C@@H]2[C@@H]3C(=O)N(c4ccc(C)cc4C)C(=O)[C@H]3ON2c2ccccc2)cc1OCC. The Morgan fingerprint density at radius 3 is 2.35 bits per heavy atom. The molecule has 2 amide bonds. The molecular weight excluding hydrogens is 468 g/mol. The van der Waals surface area contributed by atoms with Crippen LogP contribution in [0.25, 0.3) is 0 Å². The number of para-hydroxylation sites is 1. The molecule has 0 spiro atoms. The lowest BCUT2D eigenvalue weighted by Gasteiger charge is -2.29. The van der Waals surface area contributed by atoms with Gasteiger partial charge >= 0.3 is 0 Å². The number of aryl methyl sites for hydroxylation is 2.